The summed E-state index contributed by atoms with van der Waals surface area (Å²) in [7, 11) is 1.48. The number of thioether (sulfide) groups is 1. The lowest BCUT2D eigenvalue weighted by atomic mass is 10.1. The molecule has 0 saturated heterocycles. The van der Waals surface area contributed by atoms with Crippen LogP contribution in [0.5, 0.6) is 5.75 Å². The fourth-order valence-electron chi connectivity index (χ4n) is 3.18. The molecule has 0 aliphatic rings. The van der Waals surface area contributed by atoms with Gasteiger partial charge in [-0.05, 0) is 48.7 Å². The number of methoxy groups -OCH3 is 1. The lowest BCUT2D eigenvalue weighted by Gasteiger charge is -2.11. The average Bonchev–Trinajstić information content (AvgIpc) is 3.14. The van der Waals surface area contributed by atoms with Crippen LogP contribution in [0.3, 0.4) is 0 Å². The minimum Gasteiger partial charge on any atom is -0.497 e. The van der Waals surface area contributed by atoms with E-state index in [-0.39, 0.29) is 22.1 Å². The lowest BCUT2D eigenvalue weighted by Crippen LogP contribution is -2.16. The number of aromatic nitrogens is 3. The van der Waals surface area contributed by atoms with Crippen LogP contribution in [0.2, 0.25) is 5.02 Å². The molecule has 170 valence electrons. The second-order valence-corrected chi connectivity index (χ2v) is 8.03. The van der Waals surface area contributed by atoms with Crippen LogP contribution >= 0.6 is 23.4 Å². The van der Waals surface area contributed by atoms with Crippen molar-refractivity contribution in [3.05, 3.63) is 71.0 Å². The van der Waals surface area contributed by atoms with Crippen molar-refractivity contribution in [2.45, 2.75) is 11.1 Å². The molecule has 0 aliphatic carbocycles. The Bertz CT molecular complexity index is 1340. The molecule has 2 heterocycles. The molecule has 0 saturated carbocycles. The van der Waals surface area contributed by atoms with Crippen molar-refractivity contribution in [2.24, 2.45) is 0 Å². The van der Waals surface area contributed by atoms with E-state index in [1.165, 1.54) is 18.9 Å². The highest BCUT2D eigenvalue weighted by Crippen LogP contribution is 2.35. The zero-order valence-electron chi connectivity index (χ0n) is 17.3. The maximum atomic E-state index is 13.9. The largest absolute Gasteiger partial charge is 0.497 e. The van der Waals surface area contributed by atoms with E-state index in [1.54, 1.807) is 48.5 Å². The van der Waals surface area contributed by atoms with E-state index >= 15 is 0 Å². The summed E-state index contributed by atoms with van der Waals surface area (Å²) < 4.78 is 47.2. The molecule has 2 aromatic heterocycles. The molecule has 4 aromatic rings. The SMILES string of the molecule is COc1ccc(-c2cc(C(F)(F)F)n3nc(C(=O)Nc4ccccc4SC)c(Cl)c3n2)cc1. The number of carbonyl (C=O) groups excluding carboxylic acids is 1. The second kappa shape index (κ2) is 8.95. The highest BCUT2D eigenvalue weighted by molar-refractivity contribution is 7.98. The van der Waals surface area contributed by atoms with Gasteiger partial charge in [0, 0.05) is 10.5 Å². The lowest BCUT2D eigenvalue weighted by molar-refractivity contribution is -0.142. The number of benzene rings is 2. The number of hydrogen-bond donors (Lipinski definition) is 1. The van der Waals surface area contributed by atoms with Crippen LogP contribution in [0.25, 0.3) is 16.9 Å². The van der Waals surface area contributed by atoms with Crippen LogP contribution < -0.4 is 10.1 Å². The molecule has 4 rings (SSSR count). The number of amides is 1. The quantitative estimate of drug-likeness (QED) is 0.343. The molecule has 1 N–H and O–H groups in total. The maximum absolute atomic E-state index is 13.9. The molecule has 0 fully saturated rings. The Labute approximate surface area is 195 Å². The Kier molecular flexibility index (Phi) is 6.22. The predicted octanol–water partition coefficient (Wildman–Crippen LogP) is 6.05. The molecule has 0 bridgehead atoms. The maximum Gasteiger partial charge on any atom is 0.433 e. The van der Waals surface area contributed by atoms with E-state index in [4.69, 9.17) is 16.3 Å². The van der Waals surface area contributed by atoms with E-state index in [0.29, 0.717) is 21.5 Å². The van der Waals surface area contributed by atoms with Gasteiger partial charge in [-0.15, -0.1) is 11.8 Å². The van der Waals surface area contributed by atoms with Crippen molar-refractivity contribution >= 4 is 40.6 Å². The van der Waals surface area contributed by atoms with Crippen LogP contribution in [0.4, 0.5) is 18.9 Å². The summed E-state index contributed by atoms with van der Waals surface area (Å²) in [4.78, 5) is 17.9. The molecule has 33 heavy (non-hydrogen) atoms. The number of alkyl halides is 3. The van der Waals surface area contributed by atoms with Gasteiger partial charge in [0.05, 0.1) is 18.5 Å². The van der Waals surface area contributed by atoms with Crippen molar-refractivity contribution in [3.63, 3.8) is 0 Å². The number of rotatable bonds is 5. The monoisotopic (exact) mass is 492 g/mol. The van der Waals surface area contributed by atoms with Gasteiger partial charge >= 0.3 is 6.18 Å². The van der Waals surface area contributed by atoms with E-state index in [9.17, 15) is 18.0 Å². The molecule has 11 heteroatoms. The van der Waals surface area contributed by atoms with Gasteiger partial charge < -0.3 is 10.1 Å². The van der Waals surface area contributed by atoms with Crippen molar-refractivity contribution in [1.29, 1.82) is 0 Å². The molecule has 0 spiro atoms. The molecule has 6 nitrogen and oxygen atoms in total. The number of carbonyl (C=O) groups is 1. The van der Waals surface area contributed by atoms with Crippen LogP contribution in [0.1, 0.15) is 16.2 Å². The minimum absolute atomic E-state index is 0.0268. The fourth-order valence-corrected chi connectivity index (χ4v) is 3.98. The first kappa shape index (κ1) is 22.9. The Morgan fingerprint density at radius 1 is 1.15 bits per heavy atom. The van der Waals surface area contributed by atoms with Crippen molar-refractivity contribution in [2.75, 3.05) is 18.7 Å². The third kappa shape index (κ3) is 4.49. The van der Waals surface area contributed by atoms with Gasteiger partial charge in [0.15, 0.2) is 17.0 Å². The highest BCUT2D eigenvalue weighted by Gasteiger charge is 2.36. The van der Waals surface area contributed by atoms with E-state index in [1.807, 2.05) is 6.26 Å². The van der Waals surface area contributed by atoms with Gasteiger partial charge in [-0.3, -0.25) is 4.79 Å². The van der Waals surface area contributed by atoms with Crippen LogP contribution in [0, 0.1) is 0 Å². The van der Waals surface area contributed by atoms with Crippen molar-refractivity contribution < 1.29 is 22.7 Å². The summed E-state index contributed by atoms with van der Waals surface area (Å²) in [5.74, 6) is -0.200. The van der Waals surface area contributed by atoms with E-state index in [0.717, 1.165) is 11.0 Å². The van der Waals surface area contributed by atoms with Gasteiger partial charge in [0.2, 0.25) is 0 Å². The molecular formula is C22H16ClF3N4O2S. The van der Waals surface area contributed by atoms with Gasteiger partial charge in [-0.1, -0.05) is 23.7 Å². The van der Waals surface area contributed by atoms with Gasteiger partial charge in [0.25, 0.3) is 5.91 Å². The summed E-state index contributed by atoms with van der Waals surface area (Å²) in [6, 6.07) is 14.2. The van der Waals surface area contributed by atoms with Crippen LogP contribution in [-0.2, 0) is 6.18 Å². The van der Waals surface area contributed by atoms with Crippen LogP contribution in [-0.4, -0.2) is 33.9 Å². The van der Waals surface area contributed by atoms with Gasteiger partial charge in [-0.25, -0.2) is 9.50 Å². The summed E-state index contributed by atoms with van der Waals surface area (Å²) >= 11 is 7.73. The Morgan fingerprint density at radius 2 is 1.85 bits per heavy atom. The zero-order valence-corrected chi connectivity index (χ0v) is 18.8. The summed E-state index contributed by atoms with van der Waals surface area (Å²) in [6.45, 7) is 0. The molecular weight excluding hydrogens is 477 g/mol. The number of hydrogen-bond acceptors (Lipinski definition) is 5. The molecule has 0 unspecified atom stereocenters. The molecule has 0 atom stereocenters. The third-order valence-electron chi connectivity index (χ3n) is 4.78. The molecule has 2 aromatic carbocycles. The van der Waals surface area contributed by atoms with Crippen LogP contribution in [0.15, 0.2) is 59.5 Å². The number of para-hydroxylation sites is 1. The first-order valence-electron chi connectivity index (χ1n) is 9.48. The first-order chi connectivity index (χ1) is 15.7. The number of ether oxygens (including phenoxy) is 1. The Morgan fingerprint density at radius 3 is 2.48 bits per heavy atom. The zero-order chi connectivity index (χ0) is 23.8. The van der Waals surface area contributed by atoms with Gasteiger partial charge in [0.1, 0.15) is 10.8 Å². The number of nitrogens with zero attached hydrogens (tertiary/aromatic N) is 3. The topological polar surface area (TPSA) is 68.5 Å². The summed E-state index contributed by atoms with van der Waals surface area (Å²) in [5.41, 5.74) is -0.812. The van der Waals surface area contributed by atoms with E-state index in [2.05, 4.69) is 15.4 Å². The number of anilines is 1. The predicted molar refractivity (Wildman–Crippen MR) is 121 cm³/mol. The fraction of sp³-hybridized carbons (Fsp3) is 0.136. The average molecular weight is 493 g/mol. The normalized spacial score (nSPS) is 11.6. The van der Waals surface area contributed by atoms with Crippen molar-refractivity contribution in [1.82, 2.24) is 14.6 Å². The minimum atomic E-state index is -4.77. The molecule has 0 radical (unpaired) electrons. The molecule has 0 aliphatic heterocycles. The van der Waals surface area contributed by atoms with Crippen molar-refractivity contribution in [3.8, 4) is 17.0 Å². The van der Waals surface area contributed by atoms with Gasteiger partial charge in [-0.2, -0.15) is 18.3 Å². The Hall–Kier alpha value is -3.24. The number of fused-ring (bicyclic) bond motifs is 1. The standard InChI is InChI=1S/C22H16ClF3N4O2S/c1-32-13-9-7-12(8-10-13)15-11-17(22(24,25)26)30-20(27-15)18(23)19(29-30)21(31)28-14-5-3-4-6-16(14)33-2/h3-11H,1-2H3,(H,28,31). The Balaban J connectivity index is 1.83. The first-order valence-corrected chi connectivity index (χ1v) is 11.1. The summed E-state index contributed by atoms with van der Waals surface area (Å²) in [5, 5.41) is 6.23. The number of nitrogens with one attached hydrogen (secondary N) is 1. The number of halogens is 4. The third-order valence-corrected chi connectivity index (χ3v) is 5.92. The molecule has 1 amide bonds. The second-order valence-electron chi connectivity index (χ2n) is 6.81. The smallest absolute Gasteiger partial charge is 0.433 e. The van der Waals surface area contributed by atoms with E-state index < -0.39 is 17.8 Å². The highest BCUT2D eigenvalue weighted by atomic mass is 35.5. The summed E-state index contributed by atoms with van der Waals surface area (Å²) in [6.07, 6.45) is -2.93.